The summed E-state index contributed by atoms with van der Waals surface area (Å²) >= 11 is 11.4. The molecule has 0 aromatic rings. The van der Waals surface area contributed by atoms with Crippen LogP contribution >= 0.6 is 23.2 Å². The van der Waals surface area contributed by atoms with Crippen molar-refractivity contribution < 1.29 is 0 Å². The summed E-state index contributed by atoms with van der Waals surface area (Å²) in [5.74, 6) is 0.592. The summed E-state index contributed by atoms with van der Waals surface area (Å²) in [5, 5.41) is 0.644. The average Bonchev–Trinajstić information content (AvgIpc) is 1.88. The van der Waals surface area contributed by atoms with Gasteiger partial charge in [-0.2, -0.15) is 0 Å². The molecule has 0 aromatic heterocycles. The minimum absolute atomic E-state index is 0.0143. The van der Waals surface area contributed by atoms with Crippen LogP contribution in [0.25, 0.3) is 0 Å². The molecule has 1 nitrogen and oxygen atoms in total. The van der Waals surface area contributed by atoms with Crippen molar-refractivity contribution in [3.63, 3.8) is 0 Å². The number of hydrogen-bond acceptors (Lipinski definition) is 1. The van der Waals surface area contributed by atoms with E-state index in [4.69, 9.17) is 23.2 Å². The third-order valence-corrected chi connectivity index (χ3v) is 2.39. The number of rotatable bonds is 1. The van der Waals surface area contributed by atoms with E-state index in [0.29, 0.717) is 11.1 Å². The maximum atomic E-state index is 5.72. The Morgan fingerprint density at radius 3 is 2.90 bits per heavy atom. The smallest absolute Gasteiger partial charge is 0.107 e. The topological polar surface area (TPSA) is 12.4 Å². The Morgan fingerprint density at radius 2 is 2.50 bits per heavy atom. The summed E-state index contributed by atoms with van der Waals surface area (Å²) in [7, 11) is 0. The van der Waals surface area contributed by atoms with Crippen molar-refractivity contribution in [2.75, 3.05) is 5.88 Å². The summed E-state index contributed by atoms with van der Waals surface area (Å²) in [6.07, 6.45) is 4.47. The van der Waals surface area contributed by atoms with Gasteiger partial charge in [0.25, 0.3) is 0 Å². The second kappa shape index (κ2) is 2.93. The van der Waals surface area contributed by atoms with Crippen molar-refractivity contribution in [2.45, 2.75) is 13.3 Å². The highest BCUT2D eigenvalue weighted by molar-refractivity contribution is 6.65. The molecule has 0 saturated heterocycles. The molecule has 0 aliphatic carbocycles. The van der Waals surface area contributed by atoms with Crippen LogP contribution in [0.5, 0.6) is 0 Å². The minimum Gasteiger partial charge on any atom is -0.249 e. The van der Waals surface area contributed by atoms with Gasteiger partial charge in [0, 0.05) is 23.9 Å². The highest BCUT2D eigenvalue weighted by Crippen LogP contribution is 2.29. The highest BCUT2D eigenvalue weighted by Gasteiger charge is 2.23. The van der Waals surface area contributed by atoms with Crippen LogP contribution in [0.2, 0.25) is 0 Å². The van der Waals surface area contributed by atoms with Crippen molar-refractivity contribution in [3.8, 4) is 0 Å². The first-order chi connectivity index (χ1) is 4.66. The Morgan fingerprint density at radius 1 is 1.80 bits per heavy atom. The molecule has 1 heterocycles. The van der Waals surface area contributed by atoms with Crippen LogP contribution < -0.4 is 0 Å². The molecule has 10 heavy (non-hydrogen) atoms. The number of alkyl halides is 1. The lowest BCUT2D eigenvalue weighted by Crippen LogP contribution is -2.20. The van der Waals surface area contributed by atoms with Gasteiger partial charge in [0.05, 0.1) is 0 Å². The zero-order valence-electron chi connectivity index (χ0n) is 5.77. The number of hydrogen-bond donors (Lipinski definition) is 0. The molecule has 0 fully saturated rings. The largest absolute Gasteiger partial charge is 0.249 e. The van der Waals surface area contributed by atoms with Crippen molar-refractivity contribution in [1.29, 1.82) is 0 Å². The van der Waals surface area contributed by atoms with E-state index >= 15 is 0 Å². The molecule has 0 bridgehead atoms. The zero-order valence-corrected chi connectivity index (χ0v) is 7.28. The molecule has 0 N–H and O–H groups in total. The van der Waals surface area contributed by atoms with E-state index in [9.17, 15) is 0 Å². The van der Waals surface area contributed by atoms with E-state index in [2.05, 4.69) is 11.9 Å². The third-order valence-electron chi connectivity index (χ3n) is 1.55. The van der Waals surface area contributed by atoms with Crippen LogP contribution in [-0.2, 0) is 0 Å². The molecule has 0 amide bonds. The van der Waals surface area contributed by atoms with E-state index in [1.165, 1.54) is 0 Å². The Labute approximate surface area is 70.7 Å². The predicted molar refractivity (Wildman–Crippen MR) is 45.9 cm³/mol. The molecule has 56 valence electrons. The van der Waals surface area contributed by atoms with Gasteiger partial charge in [-0.15, -0.1) is 11.6 Å². The predicted octanol–water partition coefficient (Wildman–Crippen LogP) is 2.79. The van der Waals surface area contributed by atoms with Gasteiger partial charge < -0.3 is 0 Å². The second-order valence-electron chi connectivity index (χ2n) is 2.79. The average molecular weight is 178 g/mol. The summed E-state index contributed by atoms with van der Waals surface area (Å²) in [6, 6.07) is 0. The van der Waals surface area contributed by atoms with Gasteiger partial charge in [-0.1, -0.05) is 24.6 Å². The van der Waals surface area contributed by atoms with Gasteiger partial charge in [-0.25, -0.2) is 4.99 Å². The number of halogens is 2. The molecule has 0 spiro atoms. The summed E-state index contributed by atoms with van der Waals surface area (Å²) in [4.78, 5) is 3.92. The normalized spacial score (nSPS) is 32.1. The fourth-order valence-electron chi connectivity index (χ4n) is 0.828. The number of allylic oxidation sites excluding steroid dienone is 1. The van der Waals surface area contributed by atoms with E-state index in [1.807, 2.05) is 6.08 Å². The lowest BCUT2D eigenvalue weighted by molar-refractivity contribution is 0.508. The molecule has 0 aromatic carbocycles. The zero-order chi connectivity index (χ0) is 7.61. The molecule has 1 unspecified atom stereocenters. The van der Waals surface area contributed by atoms with E-state index < -0.39 is 0 Å². The monoisotopic (exact) mass is 177 g/mol. The Hall–Kier alpha value is -0.0100. The highest BCUT2D eigenvalue weighted by atomic mass is 35.5. The molecule has 1 aliphatic rings. The molecule has 0 radical (unpaired) electrons. The van der Waals surface area contributed by atoms with Crippen LogP contribution in [0, 0.1) is 5.41 Å². The lowest BCUT2D eigenvalue weighted by atomic mass is 9.88. The summed E-state index contributed by atoms with van der Waals surface area (Å²) in [6.45, 7) is 2.06. The molecule has 1 rings (SSSR count). The first-order valence-corrected chi connectivity index (χ1v) is 4.03. The van der Waals surface area contributed by atoms with E-state index in [1.54, 1.807) is 6.20 Å². The second-order valence-corrected chi connectivity index (χ2v) is 3.49. The first kappa shape index (κ1) is 8.09. The van der Waals surface area contributed by atoms with Gasteiger partial charge >= 0.3 is 0 Å². The maximum absolute atomic E-state index is 5.72. The molecular formula is C7H9Cl2N. The van der Waals surface area contributed by atoms with E-state index in [-0.39, 0.29) is 5.41 Å². The van der Waals surface area contributed by atoms with Gasteiger partial charge in [0.2, 0.25) is 0 Å². The molecule has 1 aliphatic heterocycles. The van der Waals surface area contributed by atoms with Crippen molar-refractivity contribution >= 4 is 28.4 Å². The summed E-state index contributed by atoms with van der Waals surface area (Å²) < 4.78 is 0. The van der Waals surface area contributed by atoms with Crippen LogP contribution in [0.1, 0.15) is 13.3 Å². The number of nitrogens with zero attached hydrogens (tertiary/aromatic N) is 1. The van der Waals surface area contributed by atoms with Crippen LogP contribution in [0.3, 0.4) is 0 Å². The molecule has 0 saturated carbocycles. The van der Waals surface area contributed by atoms with Crippen LogP contribution in [-0.4, -0.2) is 11.1 Å². The lowest BCUT2D eigenvalue weighted by Gasteiger charge is -2.23. The first-order valence-electron chi connectivity index (χ1n) is 3.12. The van der Waals surface area contributed by atoms with E-state index in [0.717, 1.165) is 6.42 Å². The van der Waals surface area contributed by atoms with Crippen LogP contribution in [0.4, 0.5) is 0 Å². The minimum atomic E-state index is 0.0143. The quantitative estimate of drug-likeness (QED) is 0.547. The summed E-state index contributed by atoms with van der Waals surface area (Å²) in [5.41, 5.74) is 0.0143. The van der Waals surface area contributed by atoms with Crippen molar-refractivity contribution in [2.24, 2.45) is 10.4 Å². The standard InChI is InChI=1S/C7H9Cl2N/c1-7(5-8)2-3-10-6(9)4-7/h2-3H,4-5H2,1H3. The van der Waals surface area contributed by atoms with Crippen molar-refractivity contribution in [1.82, 2.24) is 0 Å². The van der Waals surface area contributed by atoms with Crippen molar-refractivity contribution in [3.05, 3.63) is 12.3 Å². The Balaban J connectivity index is 2.71. The SMILES string of the molecule is CC1(CCl)C=CN=C(Cl)C1. The fraction of sp³-hybridized carbons (Fsp3) is 0.571. The molecule has 3 heteroatoms. The van der Waals surface area contributed by atoms with Crippen LogP contribution in [0.15, 0.2) is 17.3 Å². The molecular weight excluding hydrogens is 169 g/mol. The Kier molecular flexibility index (Phi) is 2.37. The fourth-order valence-corrected chi connectivity index (χ4v) is 1.37. The van der Waals surface area contributed by atoms with Gasteiger partial charge in [-0.05, 0) is 0 Å². The van der Waals surface area contributed by atoms with Gasteiger partial charge in [0.1, 0.15) is 5.17 Å². The van der Waals surface area contributed by atoms with Gasteiger partial charge in [-0.3, -0.25) is 0 Å². The Bertz CT molecular complexity index is 186. The van der Waals surface area contributed by atoms with Gasteiger partial charge in [0.15, 0.2) is 0 Å². The molecule has 1 atom stereocenters. The third kappa shape index (κ3) is 1.74. The maximum Gasteiger partial charge on any atom is 0.107 e. The number of aliphatic imine (C=N–C) groups is 1.